The van der Waals surface area contributed by atoms with E-state index in [-0.39, 0.29) is 23.3 Å². The van der Waals surface area contributed by atoms with E-state index in [1.54, 1.807) is 18.2 Å². The molecule has 3 aromatic carbocycles. The number of carbonyl (C=O) groups excluding carboxylic acids is 1. The van der Waals surface area contributed by atoms with Gasteiger partial charge in [0.2, 0.25) is 0 Å². The average Bonchev–Trinajstić information content (AvgIpc) is 2.76. The molecule has 174 valence electrons. The fourth-order valence-electron chi connectivity index (χ4n) is 3.22. The van der Waals surface area contributed by atoms with Gasteiger partial charge in [0.25, 0.3) is 0 Å². The highest BCUT2D eigenvalue weighted by atomic mass is 19.4. The van der Waals surface area contributed by atoms with Crippen LogP contribution in [-0.2, 0) is 16.8 Å². The quantitative estimate of drug-likeness (QED) is 0.376. The van der Waals surface area contributed by atoms with Gasteiger partial charge in [-0.15, -0.1) is 13.2 Å². The number of alkyl halides is 3. The lowest BCUT2D eigenvalue weighted by molar-refractivity contribution is -0.274. The number of ether oxygens (including phenoxy) is 3. The minimum Gasteiger partial charge on any atom is -0.488 e. The first-order valence-corrected chi connectivity index (χ1v) is 10.3. The Labute approximate surface area is 190 Å². The second kappa shape index (κ2) is 9.57. The van der Waals surface area contributed by atoms with Gasteiger partial charge in [-0.1, -0.05) is 63.2 Å². The fourth-order valence-corrected chi connectivity index (χ4v) is 3.22. The van der Waals surface area contributed by atoms with Gasteiger partial charge in [-0.05, 0) is 51.9 Å². The summed E-state index contributed by atoms with van der Waals surface area (Å²) in [5.74, 6) is -0.550. The van der Waals surface area contributed by atoms with Crippen molar-refractivity contribution in [3.8, 4) is 22.6 Å². The van der Waals surface area contributed by atoms with E-state index in [2.05, 4.69) is 37.6 Å². The summed E-state index contributed by atoms with van der Waals surface area (Å²) in [4.78, 5) is 12.3. The van der Waals surface area contributed by atoms with Crippen LogP contribution >= 0.6 is 0 Å². The van der Waals surface area contributed by atoms with E-state index >= 15 is 0 Å². The molecule has 0 N–H and O–H groups in total. The molecule has 0 radical (unpaired) electrons. The second-order valence-corrected chi connectivity index (χ2v) is 8.51. The maximum absolute atomic E-state index is 12.4. The molecule has 0 aliphatic rings. The highest BCUT2D eigenvalue weighted by Crippen LogP contribution is 2.31. The predicted molar refractivity (Wildman–Crippen MR) is 119 cm³/mol. The summed E-state index contributed by atoms with van der Waals surface area (Å²) >= 11 is 0. The molecule has 0 fully saturated rings. The van der Waals surface area contributed by atoms with Gasteiger partial charge >= 0.3 is 12.3 Å². The lowest BCUT2D eigenvalue weighted by Crippen LogP contribution is -2.16. The van der Waals surface area contributed by atoms with Crippen LogP contribution in [-0.4, -0.2) is 19.4 Å². The summed E-state index contributed by atoms with van der Waals surface area (Å²) in [7, 11) is 1.27. The summed E-state index contributed by atoms with van der Waals surface area (Å²) in [6.45, 7) is 6.68. The van der Waals surface area contributed by atoms with Gasteiger partial charge in [-0.2, -0.15) is 0 Å². The molecule has 0 saturated carbocycles. The first-order chi connectivity index (χ1) is 15.5. The SMILES string of the molecule is COC(=O)c1cc(-c2ccc(OC(F)(F)F)cc2)ccc1OCc1ccc(C(C)(C)C)cc1. The maximum atomic E-state index is 12.4. The van der Waals surface area contributed by atoms with Crippen LogP contribution in [0.5, 0.6) is 11.5 Å². The molecule has 7 heteroatoms. The summed E-state index contributed by atoms with van der Waals surface area (Å²) in [6.07, 6.45) is -4.76. The number of esters is 1. The van der Waals surface area contributed by atoms with Gasteiger partial charge in [0.05, 0.1) is 7.11 Å². The minimum atomic E-state index is -4.76. The Kier molecular flexibility index (Phi) is 7.01. The summed E-state index contributed by atoms with van der Waals surface area (Å²) in [6, 6.07) is 18.4. The fraction of sp³-hybridized carbons (Fsp3) is 0.269. The summed E-state index contributed by atoms with van der Waals surface area (Å²) in [5, 5.41) is 0. The van der Waals surface area contributed by atoms with Crippen LogP contribution in [0.15, 0.2) is 66.7 Å². The van der Waals surface area contributed by atoms with E-state index in [1.807, 2.05) is 12.1 Å². The van der Waals surface area contributed by atoms with Gasteiger partial charge in [-0.3, -0.25) is 0 Å². The van der Waals surface area contributed by atoms with E-state index in [9.17, 15) is 18.0 Å². The van der Waals surface area contributed by atoms with Gasteiger partial charge < -0.3 is 14.2 Å². The zero-order valence-electron chi connectivity index (χ0n) is 18.8. The van der Waals surface area contributed by atoms with Crippen molar-refractivity contribution in [2.75, 3.05) is 7.11 Å². The van der Waals surface area contributed by atoms with Gasteiger partial charge in [0.15, 0.2) is 0 Å². The van der Waals surface area contributed by atoms with Crippen molar-refractivity contribution >= 4 is 5.97 Å². The van der Waals surface area contributed by atoms with Crippen LogP contribution in [0.2, 0.25) is 0 Å². The molecular weight excluding hydrogens is 433 g/mol. The molecule has 0 heterocycles. The van der Waals surface area contributed by atoms with Gasteiger partial charge in [0, 0.05) is 0 Å². The Morgan fingerprint density at radius 1 is 0.848 bits per heavy atom. The molecule has 33 heavy (non-hydrogen) atoms. The van der Waals surface area contributed by atoms with E-state index in [1.165, 1.54) is 36.9 Å². The molecule has 0 spiro atoms. The van der Waals surface area contributed by atoms with Crippen LogP contribution in [0.4, 0.5) is 13.2 Å². The topological polar surface area (TPSA) is 44.8 Å². The molecule has 0 saturated heterocycles. The summed E-state index contributed by atoms with van der Waals surface area (Å²) < 4.78 is 51.8. The van der Waals surface area contributed by atoms with Gasteiger partial charge in [0.1, 0.15) is 23.7 Å². The Balaban J connectivity index is 1.80. The van der Waals surface area contributed by atoms with E-state index in [0.717, 1.165) is 5.56 Å². The molecule has 0 bridgehead atoms. The highest BCUT2D eigenvalue weighted by Gasteiger charge is 2.31. The number of methoxy groups -OCH3 is 1. The van der Waals surface area contributed by atoms with Crippen molar-refractivity contribution in [2.45, 2.75) is 39.2 Å². The lowest BCUT2D eigenvalue weighted by atomic mass is 9.87. The number of halogens is 3. The Morgan fingerprint density at radius 3 is 2.00 bits per heavy atom. The molecule has 0 unspecified atom stereocenters. The predicted octanol–water partition coefficient (Wildman–Crippen LogP) is 6.92. The molecule has 0 amide bonds. The van der Waals surface area contributed by atoms with E-state index in [0.29, 0.717) is 16.9 Å². The standard InChI is InChI=1S/C26H25F3O4/c1-25(2,3)20-10-5-17(6-11-20)16-32-23-14-9-19(15-22(23)24(30)31-4)18-7-12-21(13-8-18)33-26(27,28)29/h5-15H,16H2,1-4H3. The molecular formula is C26H25F3O4. The van der Waals surface area contributed by atoms with Crippen molar-refractivity contribution < 1.29 is 32.2 Å². The molecule has 3 aromatic rings. The van der Waals surface area contributed by atoms with Crippen molar-refractivity contribution in [3.63, 3.8) is 0 Å². The highest BCUT2D eigenvalue weighted by molar-refractivity contribution is 5.94. The Bertz CT molecular complexity index is 1100. The van der Waals surface area contributed by atoms with Crippen molar-refractivity contribution in [3.05, 3.63) is 83.4 Å². The third-order valence-electron chi connectivity index (χ3n) is 5.02. The third kappa shape index (κ3) is 6.51. The summed E-state index contributed by atoms with van der Waals surface area (Å²) in [5.41, 5.74) is 3.65. The Morgan fingerprint density at radius 2 is 1.45 bits per heavy atom. The zero-order valence-corrected chi connectivity index (χ0v) is 18.8. The maximum Gasteiger partial charge on any atom is 0.573 e. The monoisotopic (exact) mass is 458 g/mol. The number of hydrogen-bond acceptors (Lipinski definition) is 4. The van der Waals surface area contributed by atoms with Crippen LogP contribution in [0, 0.1) is 0 Å². The first kappa shape index (κ1) is 24.2. The van der Waals surface area contributed by atoms with Crippen molar-refractivity contribution in [1.29, 1.82) is 0 Å². The van der Waals surface area contributed by atoms with Crippen molar-refractivity contribution in [1.82, 2.24) is 0 Å². The van der Waals surface area contributed by atoms with Gasteiger partial charge in [-0.25, -0.2) is 4.79 Å². The zero-order chi connectivity index (χ0) is 24.2. The minimum absolute atomic E-state index is 0.0460. The average molecular weight is 458 g/mol. The smallest absolute Gasteiger partial charge is 0.488 e. The van der Waals surface area contributed by atoms with Crippen LogP contribution < -0.4 is 9.47 Å². The second-order valence-electron chi connectivity index (χ2n) is 8.51. The molecule has 0 aliphatic carbocycles. The first-order valence-electron chi connectivity index (χ1n) is 10.3. The number of rotatable bonds is 6. The van der Waals surface area contributed by atoms with Crippen LogP contribution in [0.1, 0.15) is 42.3 Å². The molecule has 0 aromatic heterocycles. The lowest BCUT2D eigenvalue weighted by Gasteiger charge is -2.19. The number of carbonyl (C=O) groups is 1. The molecule has 3 rings (SSSR count). The molecule has 0 aliphatic heterocycles. The third-order valence-corrected chi connectivity index (χ3v) is 5.02. The Hall–Kier alpha value is -3.48. The van der Waals surface area contributed by atoms with Crippen LogP contribution in [0.3, 0.4) is 0 Å². The largest absolute Gasteiger partial charge is 0.573 e. The number of hydrogen-bond donors (Lipinski definition) is 0. The van der Waals surface area contributed by atoms with Crippen LogP contribution in [0.25, 0.3) is 11.1 Å². The van der Waals surface area contributed by atoms with E-state index in [4.69, 9.17) is 9.47 Å². The number of benzene rings is 3. The molecule has 0 atom stereocenters. The molecule has 4 nitrogen and oxygen atoms in total. The van der Waals surface area contributed by atoms with Crippen molar-refractivity contribution in [2.24, 2.45) is 0 Å². The normalized spacial score (nSPS) is 11.7. The van der Waals surface area contributed by atoms with E-state index < -0.39 is 12.3 Å².